The van der Waals surface area contributed by atoms with Crippen molar-refractivity contribution >= 4 is 5.82 Å². The zero-order chi connectivity index (χ0) is 18.0. The van der Waals surface area contributed by atoms with Crippen LogP contribution in [0, 0.1) is 11.3 Å². The topological polar surface area (TPSA) is 101 Å². The van der Waals surface area contributed by atoms with Crippen LogP contribution in [-0.4, -0.2) is 44.5 Å². The van der Waals surface area contributed by atoms with Gasteiger partial charge in [-0.1, -0.05) is 0 Å². The third-order valence-corrected chi connectivity index (χ3v) is 3.97. The van der Waals surface area contributed by atoms with Crippen molar-refractivity contribution in [3.8, 4) is 6.07 Å². The second kappa shape index (κ2) is 6.72. The average Bonchev–Trinajstić information content (AvgIpc) is 2.96. The first-order valence-electron chi connectivity index (χ1n) is 7.36. The molecule has 9 heteroatoms. The maximum Gasteiger partial charge on any atom is 0.332 e. The molecule has 9 nitrogen and oxygen atoms in total. The Labute approximate surface area is 139 Å². The van der Waals surface area contributed by atoms with Crippen molar-refractivity contribution in [2.24, 2.45) is 21.1 Å². The van der Waals surface area contributed by atoms with E-state index in [4.69, 9.17) is 0 Å². The second-order valence-corrected chi connectivity index (χ2v) is 5.85. The molecule has 2 aromatic heterocycles. The minimum Gasteiger partial charge on any atom is -0.368 e. The van der Waals surface area contributed by atoms with Crippen molar-refractivity contribution in [3.05, 3.63) is 44.4 Å². The number of aryl methyl sites for hydroxylation is 1. The van der Waals surface area contributed by atoms with Crippen LogP contribution in [-0.2, 0) is 21.1 Å². The SMILES string of the molecule is CN(C)C(CNc1c(C#N)c(=O)n(C)c(=O)n1C)c1cnn(C)c1. The van der Waals surface area contributed by atoms with Crippen LogP contribution in [0.15, 0.2) is 22.0 Å². The largest absolute Gasteiger partial charge is 0.368 e. The fourth-order valence-electron chi connectivity index (χ4n) is 2.56. The maximum atomic E-state index is 12.1. The van der Waals surface area contributed by atoms with Gasteiger partial charge in [0.25, 0.3) is 5.56 Å². The zero-order valence-electron chi connectivity index (χ0n) is 14.4. The van der Waals surface area contributed by atoms with E-state index in [1.54, 1.807) is 10.9 Å². The number of anilines is 1. The number of hydrogen-bond donors (Lipinski definition) is 1. The average molecular weight is 331 g/mol. The Bertz CT molecular complexity index is 898. The summed E-state index contributed by atoms with van der Waals surface area (Å²) in [7, 11) is 8.57. The van der Waals surface area contributed by atoms with Crippen molar-refractivity contribution < 1.29 is 0 Å². The van der Waals surface area contributed by atoms with Crippen LogP contribution in [0.4, 0.5) is 5.82 Å². The van der Waals surface area contributed by atoms with E-state index in [0.29, 0.717) is 6.54 Å². The van der Waals surface area contributed by atoms with Crippen LogP contribution in [0.25, 0.3) is 0 Å². The fraction of sp³-hybridized carbons (Fsp3) is 0.467. The van der Waals surface area contributed by atoms with Gasteiger partial charge in [0.1, 0.15) is 11.9 Å². The Morgan fingerprint density at radius 3 is 2.46 bits per heavy atom. The van der Waals surface area contributed by atoms with Crippen molar-refractivity contribution in [2.45, 2.75) is 6.04 Å². The summed E-state index contributed by atoms with van der Waals surface area (Å²) in [5, 5.41) is 16.5. The summed E-state index contributed by atoms with van der Waals surface area (Å²) in [6.45, 7) is 0.411. The first-order chi connectivity index (χ1) is 11.3. The van der Waals surface area contributed by atoms with Gasteiger partial charge in [0, 0.05) is 39.4 Å². The van der Waals surface area contributed by atoms with Crippen LogP contribution < -0.4 is 16.6 Å². The van der Waals surface area contributed by atoms with Crippen LogP contribution in [0.3, 0.4) is 0 Å². The van der Waals surface area contributed by atoms with E-state index in [9.17, 15) is 14.9 Å². The number of nitriles is 1. The summed E-state index contributed by atoms with van der Waals surface area (Å²) in [5.74, 6) is 0.223. The first-order valence-corrected chi connectivity index (χ1v) is 7.36. The molecule has 0 aliphatic carbocycles. The maximum absolute atomic E-state index is 12.1. The molecule has 2 aromatic rings. The highest BCUT2D eigenvalue weighted by Gasteiger charge is 2.19. The number of aromatic nitrogens is 4. The Morgan fingerprint density at radius 1 is 1.29 bits per heavy atom. The number of likely N-dealkylation sites (N-methyl/N-ethyl adjacent to an activating group) is 1. The first kappa shape index (κ1) is 17.5. The monoisotopic (exact) mass is 331 g/mol. The molecule has 2 heterocycles. The normalized spacial score (nSPS) is 12.2. The van der Waals surface area contributed by atoms with Crippen LogP contribution in [0.2, 0.25) is 0 Å². The summed E-state index contributed by atoms with van der Waals surface area (Å²) in [6, 6.07) is 1.85. The zero-order valence-corrected chi connectivity index (χ0v) is 14.4. The van der Waals surface area contributed by atoms with Crippen LogP contribution in [0.1, 0.15) is 17.2 Å². The summed E-state index contributed by atoms with van der Waals surface area (Å²) >= 11 is 0. The Hall–Kier alpha value is -2.86. The van der Waals surface area contributed by atoms with Gasteiger partial charge in [-0.25, -0.2) is 4.79 Å². The molecule has 0 aromatic carbocycles. The standard InChI is InChI=1S/C15H21N7O2/c1-19(2)12(10-7-18-20(3)9-10)8-17-13-11(6-16)14(23)22(5)15(24)21(13)4/h7,9,12,17H,8H2,1-5H3. The molecule has 1 atom stereocenters. The molecular formula is C15H21N7O2. The van der Waals surface area contributed by atoms with Gasteiger partial charge in [0.05, 0.1) is 12.2 Å². The van der Waals surface area contributed by atoms with Gasteiger partial charge < -0.3 is 10.2 Å². The van der Waals surface area contributed by atoms with E-state index in [-0.39, 0.29) is 17.4 Å². The lowest BCUT2D eigenvalue weighted by molar-refractivity contribution is 0.311. The molecule has 0 fully saturated rings. The van der Waals surface area contributed by atoms with Gasteiger partial charge in [0.2, 0.25) is 0 Å². The van der Waals surface area contributed by atoms with E-state index < -0.39 is 11.2 Å². The summed E-state index contributed by atoms with van der Waals surface area (Å²) < 4.78 is 3.91. The number of rotatable bonds is 5. The minimum absolute atomic E-state index is 0.0376. The van der Waals surface area contributed by atoms with Gasteiger partial charge in [-0.15, -0.1) is 0 Å². The number of nitrogens with zero attached hydrogens (tertiary/aromatic N) is 6. The van der Waals surface area contributed by atoms with Gasteiger partial charge >= 0.3 is 5.69 Å². The van der Waals surface area contributed by atoms with Gasteiger partial charge in [-0.05, 0) is 14.1 Å². The number of nitrogens with one attached hydrogen (secondary N) is 1. The lowest BCUT2D eigenvalue weighted by atomic mass is 10.1. The molecule has 0 saturated carbocycles. The number of hydrogen-bond acceptors (Lipinski definition) is 6. The third kappa shape index (κ3) is 3.09. The molecule has 0 saturated heterocycles. The Morgan fingerprint density at radius 2 is 1.96 bits per heavy atom. The van der Waals surface area contributed by atoms with E-state index in [1.165, 1.54) is 18.7 Å². The molecule has 2 rings (SSSR count). The van der Waals surface area contributed by atoms with E-state index in [2.05, 4.69) is 10.4 Å². The molecule has 0 spiro atoms. The molecule has 0 aliphatic rings. The molecule has 1 N–H and O–H groups in total. The van der Waals surface area contributed by atoms with Gasteiger partial charge in [-0.3, -0.25) is 18.6 Å². The van der Waals surface area contributed by atoms with Crippen LogP contribution >= 0.6 is 0 Å². The molecule has 128 valence electrons. The van der Waals surface area contributed by atoms with E-state index >= 15 is 0 Å². The fourth-order valence-corrected chi connectivity index (χ4v) is 2.56. The summed E-state index contributed by atoms with van der Waals surface area (Å²) in [4.78, 5) is 26.2. The van der Waals surface area contributed by atoms with Crippen LogP contribution in [0.5, 0.6) is 0 Å². The molecule has 0 amide bonds. The quantitative estimate of drug-likeness (QED) is 0.785. The molecular weight excluding hydrogens is 310 g/mol. The highest BCUT2D eigenvalue weighted by atomic mass is 16.2. The van der Waals surface area contributed by atoms with Crippen molar-refractivity contribution in [3.63, 3.8) is 0 Å². The molecule has 0 bridgehead atoms. The highest BCUT2D eigenvalue weighted by molar-refractivity contribution is 5.51. The van der Waals surface area contributed by atoms with Crippen molar-refractivity contribution in [2.75, 3.05) is 26.0 Å². The van der Waals surface area contributed by atoms with Gasteiger partial charge in [0.15, 0.2) is 5.56 Å². The van der Waals surface area contributed by atoms with Crippen molar-refractivity contribution in [1.82, 2.24) is 23.8 Å². The lowest BCUT2D eigenvalue weighted by Gasteiger charge is -2.25. The molecule has 24 heavy (non-hydrogen) atoms. The summed E-state index contributed by atoms with van der Waals surface area (Å²) in [6.07, 6.45) is 3.67. The predicted octanol–water partition coefficient (Wildman–Crippen LogP) is -0.596. The summed E-state index contributed by atoms with van der Waals surface area (Å²) in [5.41, 5.74) is -0.180. The molecule has 0 aliphatic heterocycles. The smallest absolute Gasteiger partial charge is 0.332 e. The van der Waals surface area contributed by atoms with E-state index in [0.717, 1.165) is 10.1 Å². The van der Waals surface area contributed by atoms with Gasteiger partial charge in [-0.2, -0.15) is 10.4 Å². The molecule has 1 unspecified atom stereocenters. The second-order valence-electron chi connectivity index (χ2n) is 5.85. The Balaban J connectivity index is 2.39. The Kier molecular flexibility index (Phi) is 4.90. The van der Waals surface area contributed by atoms with Crippen molar-refractivity contribution in [1.29, 1.82) is 5.26 Å². The highest BCUT2D eigenvalue weighted by Crippen LogP contribution is 2.18. The predicted molar refractivity (Wildman–Crippen MR) is 89.8 cm³/mol. The third-order valence-electron chi connectivity index (χ3n) is 3.97. The molecule has 0 radical (unpaired) electrons. The lowest BCUT2D eigenvalue weighted by Crippen LogP contribution is -2.40. The minimum atomic E-state index is -0.606. The van der Waals surface area contributed by atoms with E-state index in [1.807, 2.05) is 38.3 Å².